The zero-order chi connectivity index (χ0) is 6.69. The standard InChI is InChI=1S/C6H11NO2/c8-4-5-6(9)2-1-3-7-5/h6,8-9H,1-4H2/t6-/m0/s1. The van der Waals surface area contributed by atoms with Gasteiger partial charge in [0.05, 0.1) is 18.4 Å². The minimum atomic E-state index is -0.483. The third-order valence-corrected chi connectivity index (χ3v) is 1.50. The number of rotatable bonds is 1. The molecule has 0 aromatic rings. The second-order valence-corrected chi connectivity index (χ2v) is 2.19. The van der Waals surface area contributed by atoms with Crippen molar-refractivity contribution < 1.29 is 10.2 Å². The molecule has 9 heavy (non-hydrogen) atoms. The van der Waals surface area contributed by atoms with Crippen LogP contribution in [0.4, 0.5) is 0 Å². The second-order valence-electron chi connectivity index (χ2n) is 2.19. The zero-order valence-electron chi connectivity index (χ0n) is 5.25. The molecule has 0 fully saturated rings. The van der Waals surface area contributed by atoms with Crippen LogP contribution in [0.3, 0.4) is 0 Å². The maximum Gasteiger partial charge on any atom is 0.0940 e. The third-order valence-electron chi connectivity index (χ3n) is 1.50. The maximum atomic E-state index is 9.08. The molecule has 0 saturated heterocycles. The summed E-state index contributed by atoms with van der Waals surface area (Å²) in [5.41, 5.74) is 0.543. The molecular formula is C6H11NO2. The van der Waals surface area contributed by atoms with Crippen LogP contribution in [0.5, 0.6) is 0 Å². The van der Waals surface area contributed by atoms with E-state index in [1.165, 1.54) is 0 Å². The van der Waals surface area contributed by atoms with Crippen molar-refractivity contribution in [1.29, 1.82) is 0 Å². The van der Waals surface area contributed by atoms with Crippen LogP contribution in [-0.4, -0.2) is 35.2 Å². The highest BCUT2D eigenvalue weighted by atomic mass is 16.3. The molecule has 1 heterocycles. The summed E-state index contributed by atoms with van der Waals surface area (Å²) >= 11 is 0. The molecule has 3 nitrogen and oxygen atoms in total. The van der Waals surface area contributed by atoms with Crippen LogP contribution in [0.15, 0.2) is 4.99 Å². The Labute approximate surface area is 54.0 Å². The van der Waals surface area contributed by atoms with Gasteiger partial charge < -0.3 is 10.2 Å². The first-order valence-electron chi connectivity index (χ1n) is 3.16. The van der Waals surface area contributed by atoms with E-state index < -0.39 is 6.10 Å². The Bertz CT molecular complexity index is 122. The molecule has 0 saturated carbocycles. The molecule has 0 radical (unpaired) electrons. The Morgan fingerprint density at radius 2 is 2.44 bits per heavy atom. The molecule has 0 bridgehead atoms. The van der Waals surface area contributed by atoms with Crippen LogP contribution >= 0.6 is 0 Å². The van der Waals surface area contributed by atoms with Gasteiger partial charge in [-0.2, -0.15) is 0 Å². The second kappa shape index (κ2) is 2.94. The molecule has 52 valence electrons. The van der Waals surface area contributed by atoms with E-state index in [2.05, 4.69) is 4.99 Å². The van der Waals surface area contributed by atoms with E-state index in [0.717, 1.165) is 19.4 Å². The zero-order valence-corrected chi connectivity index (χ0v) is 5.25. The van der Waals surface area contributed by atoms with Crippen LogP contribution in [0.1, 0.15) is 12.8 Å². The first kappa shape index (κ1) is 6.71. The van der Waals surface area contributed by atoms with E-state index in [1.807, 2.05) is 0 Å². The van der Waals surface area contributed by atoms with Gasteiger partial charge in [-0.05, 0) is 12.8 Å². The van der Waals surface area contributed by atoms with Gasteiger partial charge in [0.2, 0.25) is 0 Å². The summed E-state index contributed by atoms with van der Waals surface area (Å²) in [4.78, 5) is 3.95. The van der Waals surface area contributed by atoms with Crippen molar-refractivity contribution in [2.24, 2.45) is 4.99 Å². The molecule has 1 atom stereocenters. The fourth-order valence-electron chi connectivity index (χ4n) is 0.935. The highest BCUT2D eigenvalue weighted by Crippen LogP contribution is 2.05. The van der Waals surface area contributed by atoms with Gasteiger partial charge in [-0.3, -0.25) is 4.99 Å². The normalized spacial score (nSPS) is 27.8. The van der Waals surface area contributed by atoms with Gasteiger partial charge in [0.15, 0.2) is 0 Å². The van der Waals surface area contributed by atoms with Crippen molar-refractivity contribution in [2.45, 2.75) is 18.9 Å². The van der Waals surface area contributed by atoms with Gasteiger partial charge in [0, 0.05) is 6.54 Å². The molecule has 3 heteroatoms. The van der Waals surface area contributed by atoms with E-state index in [9.17, 15) is 0 Å². The molecule has 0 aromatic heterocycles. The molecule has 0 unspecified atom stereocenters. The SMILES string of the molecule is OCC1=NCCC[C@@H]1O. The van der Waals surface area contributed by atoms with Gasteiger partial charge in [-0.15, -0.1) is 0 Å². The predicted octanol–water partition coefficient (Wildman–Crippen LogP) is -0.426. The lowest BCUT2D eigenvalue weighted by Crippen LogP contribution is -2.27. The highest BCUT2D eigenvalue weighted by molar-refractivity contribution is 5.89. The van der Waals surface area contributed by atoms with E-state index in [1.54, 1.807) is 0 Å². The summed E-state index contributed by atoms with van der Waals surface area (Å²) in [6.45, 7) is 0.661. The molecule has 0 aliphatic carbocycles. The van der Waals surface area contributed by atoms with Gasteiger partial charge in [0.25, 0.3) is 0 Å². The monoisotopic (exact) mass is 129 g/mol. The average molecular weight is 129 g/mol. The van der Waals surface area contributed by atoms with Crippen LogP contribution in [0, 0.1) is 0 Å². The van der Waals surface area contributed by atoms with E-state index >= 15 is 0 Å². The smallest absolute Gasteiger partial charge is 0.0940 e. The van der Waals surface area contributed by atoms with E-state index in [0.29, 0.717) is 5.71 Å². The quantitative estimate of drug-likeness (QED) is 0.505. The fraction of sp³-hybridized carbons (Fsp3) is 0.833. The largest absolute Gasteiger partial charge is 0.390 e. The lowest BCUT2D eigenvalue weighted by molar-refractivity contribution is 0.210. The number of hydrogen-bond acceptors (Lipinski definition) is 3. The van der Waals surface area contributed by atoms with Gasteiger partial charge in [-0.1, -0.05) is 0 Å². The van der Waals surface area contributed by atoms with Crippen molar-refractivity contribution in [1.82, 2.24) is 0 Å². The summed E-state index contributed by atoms with van der Waals surface area (Å²) < 4.78 is 0. The molecule has 0 amide bonds. The first-order valence-corrected chi connectivity index (χ1v) is 3.16. The summed E-state index contributed by atoms with van der Waals surface area (Å²) in [5, 5.41) is 17.6. The van der Waals surface area contributed by atoms with Gasteiger partial charge >= 0.3 is 0 Å². The lowest BCUT2D eigenvalue weighted by atomic mass is 10.1. The summed E-state index contributed by atoms with van der Waals surface area (Å²) in [5.74, 6) is 0. The minimum Gasteiger partial charge on any atom is -0.390 e. The topological polar surface area (TPSA) is 52.8 Å². The molecule has 0 aromatic carbocycles. The maximum absolute atomic E-state index is 9.08. The number of aliphatic hydroxyl groups is 2. The van der Waals surface area contributed by atoms with Crippen LogP contribution in [-0.2, 0) is 0 Å². The minimum absolute atomic E-state index is 0.0961. The van der Waals surface area contributed by atoms with E-state index in [4.69, 9.17) is 10.2 Å². The van der Waals surface area contributed by atoms with Crippen LogP contribution < -0.4 is 0 Å². The molecule has 0 spiro atoms. The van der Waals surface area contributed by atoms with Gasteiger partial charge in [0.1, 0.15) is 0 Å². The highest BCUT2D eigenvalue weighted by Gasteiger charge is 2.14. The number of aliphatic hydroxyl groups excluding tert-OH is 2. The van der Waals surface area contributed by atoms with E-state index in [-0.39, 0.29) is 6.61 Å². The lowest BCUT2D eigenvalue weighted by Gasteiger charge is -2.15. The average Bonchev–Trinajstić information content (AvgIpc) is 1.89. The van der Waals surface area contributed by atoms with Gasteiger partial charge in [-0.25, -0.2) is 0 Å². The number of nitrogens with zero attached hydrogens (tertiary/aromatic N) is 1. The summed E-state index contributed by atoms with van der Waals surface area (Å²) in [6.07, 6.45) is 1.20. The Morgan fingerprint density at radius 1 is 1.67 bits per heavy atom. The Kier molecular flexibility index (Phi) is 2.19. The van der Waals surface area contributed by atoms with Crippen molar-refractivity contribution in [3.05, 3.63) is 0 Å². The number of aliphatic imine (C=N–C) groups is 1. The third kappa shape index (κ3) is 1.50. The van der Waals surface area contributed by atoms with Crippen molar-refractivity contribution in [3.63, 3.8) is 0 Å². The Hall–Kier alpha value is -0.410. The van der Waals surface area contributed by atoms with Crippen molar-refractivity contribution in [2.75, 3.05) is 13.2 Å². The van der Waals surface area contributed by atoms with Crippen molar-refractivity contribution in [3.8, 4) is 0 Å². The molecular weight excluding hydrogens is 118 g/mol. The molecule has 1 aliphatic heterocycles. The fourth-order valence-corrected chi connectivity index (χ4v) is 0.935. The summed E-state index contributed by atoms with van der Waals surface area (Å²) in [7, 11) is 0. The Balaban J connectivity index is 2.53. The predicted molar refractivity (Wildman–Crippen MR) is 34.6 cm³/mol. The number of hydrogen-bond donors (Lipinski definition) is 2. The van der Waals surface area contributed by atoms with Crippen molar-refractivity contribution >= 4 is 5.71 Å². The summed E-state index contributed by atoms with van der Waals surface area (Å²) in [6, 6.07) is 0. The Morgan fingerprint density at radius 3 is 2.89 bits per heavy atom. The first-order chi connectivity index (χ1) is 4.34. The molecule has 1 aliphatic rings. The molecule has 1 rings (SSSR count). The van der Waals surface area contributed by atoms with Crippen LogP contribution in [0.2, 0.25) is 0 Å². The molecule has 2 N–H and O–H groups in total. The van der Waals surface area contributed by atoms with Crippen LogP contribution in [0.25, 0.3) is 0 Å².